The van der Waals surface area contributed by atoms with Gasteiger partial charge in [-0.15, -0.1) is 0 Å². The normalized spacial score (nSPS) is 11.3. The maximum Gasteiger partial charge on any atom is 0.333 e. The standard InChI is InChI=1S/C15H12N3O4S/c19-10-18(13-5-4-11-6-7-16-15(11)9-13)23(21,22)17-12-2-1-3-14(20)8-12/h1-9,16-17,20H. The molecule has 0 aliphatic rings. The third-order valence-electron chi connectivity index (χ3n) is 3.19. The fourth-order valence-corrected chi connectivity index (χ4v) is 3.17. The van der Waals surface area contributed by atoms with E-state index in [1.165, 1.54) is 42.8 Å². The van der Waals surface area contributed by atoms with Crippen molar-refractivity contribution in [3.8, 4) is 5.75 Å². The van der Waals surface area contributed by atoms with E-state index >= 15 is 0 Å². The lowest BCUT2D eigenvalue weighted by Crippen LogP contribution is -2.34. The van der Waals surface area contributed by atoms with Crippen LogP contribution in [0.2, 0.25) is 0 Å². The maximum atomic E-state index is 12.4. The number of aromatic amines is 1. The van der Waals surface area contributed by atoms with Crippen molar-refractivity contribution in [2.75, 3.05) is 9.03 Å². The van der Waals surface area contributed by atoms with E-state index in [2.05, 4.69) is 9.71 Å². The summed E-state index contributed by atoms with van der Waals surface area (Å²) in [6.07, 6.45) is 3.12. The molecule has 1 radical (unpaired) electrons. The van der Waals surface area contributed by atoms with Crippen molar-refractivity contribution in [3.05, 3.63) is 54.7 Å². The van der Waals surface area contributed by atoms with Gasteiger partial charge in [-0.05, 0) is 35.7 Å². The molecule has 3 aromatic rings. The number of aromatic nitrogens is 1. The second-order valence-electron chi connectivity index (χ2n) is 4.76. The first-order chi connectivity index (χ1) is 11.0. The molecular formula is C15H12N3O4S. The monoisotopic (exact) mass is 330 g/mol. The molecule has 0 unspecified atom stereocenters. The van der Waals surface area contributed by atoms with Crippen molar-refractivity contribution in [1.82, 2.24) is 4.98 Å². The van der Waals surface area contributed by atoms with Crippen molar-refractivity contribution in [3.63, 3.8) is 0 Å². The van der Waals surface area contributed by atoms with Crippen LogP contribution in [0.15, 0.2) is 54.7 Å². The molecule has 1 heterocycles. The number of nitrogens with one attached hydrogen (secondary N) is 2. The number of H-pyrrole nitrogens is 1. The molecule has 1 amide bonds. The Morgan fingerprint density at radius 2 is 1.96 bits per heavy atom. The van der Waals surface area contributed by atoms with E-state index in [1.807, 2.05) is 6.07 Å². The summed E-state index contributed by atoms with van der Waals surface area (Å²) < 4.78 is 27.4. The van der Waals surface area contributed by atoms with Crippen LogP contribution in [-0.2, 0) is 15.0 Å². The number of carbonyl (C=O) groups excluding carboxylic acids is 1. The number of nitrogens with zero attached hydrogens (tertiary/aromatic N) is 1. The third kappa shape index (κ3) is 2.97. The van der Waals surface area contributed by atoms with Gasteiger partial charge < -0.3 is 10.1 Å². The van der Waals surface area contributed by atoms with Crippen LogP contribution in [0.3, 0.4) is 0 Å². The van der Waals surface area contributed by atoms with Gasteiger partial charge in [0.25, 0.3) is 0 Å². The van der Waals surface area contributed by atoms with Crippen LogP contribution in [0, 0.1) is 0 Å². The number of amides is 1. The predicted octanol–water partition coefficient (Wildman–Crippen LogP) is 2.10. The molecule has 0 saturated heterocycles. The average Bonchev–Trinajstić information content (AvgIpc) is 2.94. The van der Waals surface area contributed by atoms with Crippen LogP contribution in [0.25, 0.3) is 10.9 Å². The van der Waals surface area contributed by atoms with E-state index in [-0.39, 0.29) is 17.1 Å². The molecule has 117 valence electrons. The molecule has 23 heavy (non-hydrogen) atoms. The van der Waals surface area contributed by atoms with Crippen molar-refractivity contribution in [1.29, 1.82) is 0 Å². The van der Waals surface area contributed by atoms with E-state index in [0.29, 0.717) is 9.82 Å². The number of aromatic hydroxyl groups is 1. The second-order valence-corrected chi connectivity index (χ2v) is 6.28. The molecule has 0 aliphatic heterocycles. The number of phenolic OH excluding ortho intramolecular Hbond substituents is 1. The summed E-state index contributed by atoms with van der Waals surface area (Å²) in [7, 11) is -4.21. The zero-order valence-electron chi connectivity index (χ0n) is 11.7. The first-order valence-corrected chi connectivity index (χ1v) is 8.01. The number of anilines is 2. The largest absolute Gasteiger partial charge is 0.508 e. The molecule has 7 nitrogen and oxygen atoms in total. The Bertz CT molecular complexity index is 966. The Hall–Kier alpha value is -3.00. The summed E-state index contributed by atoms with van der Waals surface area (Å²) in [5.41, 5.74) is 0.962. The van der Waals surface area contributed by atoms with Gasteiger partial charge >= 0.3 is 16.6 Å². The molecule has 0 aliphatic carbocycles. The highest BCUT2D eigenvalue weighted by Gasteiger charge is 2.23. The minimum atomic E-state index is -4.21. The van der Waals surface area contributed by atoms with Gasteiger partial charge in [0.05, 0.1) is 11.4 Å². The number of fused-ring (bicyclic) bond motifs is 1. The number of benzene rings is 2. The first-order valence-electron chi connectivity index (χ1n) is 6.57. The molecule has 0 fully saturated rings. The van der Waals surface area contributed by atoms with Gasteiger partial charge in [0.15, 0.2) is 0 Å². The Balaban J connectivity index is 1.96. The highest BCUT2D eigenvalue weighted by atomic mass is 32.2. The quantitative estimate of drug-likeness (QED) is 0.623. The van der Waals surface area contributed by atoms with Gasteiger partial charge in [0.2, 0.25) is 0 Å². The van der Waals surface area contributed by atoms with Crippen molar-refractivity contribution < 1.29 is 18.3 Å². The molecule has 8 heteroatoms. The smallest absolute Gasteiger partial charge is 0.333 e. The highest BCUT2D eigenvalue weighted by molar-refractivity contribution is 7.94. The first kappa shape index (κ1) is 14.9. The molecule has 2 aromatic carbocycles. The van der Waals surface area contributed by atoms with Gasteiger partial charge in [-0.1, -0.05) is 12.1 Å². The van der Waals surface area contributed by atoms with Crippen molar-refractivity contribution >= 4 is 38.9 Å². The molecule has 0 saturated carbocycles. The average molecular weight is 330 g/mol. The molecular weight excluding hydrogens is 318 g/mol. The summed E-state index contributed by atoms with van der Waals surface area (Å²) in [6, 6.07) is 12.1. The summed E-state index contributed by atoms with van der Waals surface area (Å²) >= 11 is 0. The van der Waals surface area contributed by atoms with E-state index in [4.69, 9.17) is 0 Å². The van der Waals surface area contributed by atoms with E-state index in [1.54, 1.807) is 12.3 Å². The lowest BCUT2D eigenvalue weighted by atomic mass is 10.2. The Kier molecular flexibility index (Phi) is 3.67. The Labute approximate surface area is 132 Å². The Morgan fingerprint density at radius 1 is 1.13 bits per heavy atom. The molecule has 0 bridgehead atoms. The van der Waals surface area contributed by atoms with Crippen LogP contribution in [0.5, 0.6) is 5.75 Å². The summed E-state index contributed by atoms with van der Waals surface area (Å²) in [4.78, 5) is 14.1. The minimum absolute atomic E-state index is 0.0976. The molecule has 3 N–H and O–H groups in total. The molecule has 3 rings (SSSR count). The SMILES string of the molecule is O=[C]N(c1ccc2cc[nH]c2c1)S(=O)(=O)Nc1cccc(O)c1. The zero-order chi connectivity index (χ0) is 16.4. The lowest BCUT2D eigenvalue weighted by Gasteiger charge is -2.18. The minimum Gasteiger partial charge on any atom is -0.508 e. The van der Waals surface area contributed by atoms with E-state index < -0.39 is 10.2 Å². The number of hydrogen-bond donors (Lipinski definition) is 3. The van der Waals surface area contributed by atoms with Gasteiger partial charge in [0.1, 0.15) is 5.75 Å². The highest BCUT2D eigenvalue weighted by Crippen LogP contribution is 2.24. The zero-order valence-corrected chi connectivity index (χ0v) is 12.5. The number of phenols is 1. The third-order valence-corrected chi connectivity index (χ3v) is 4.45. The van der Waals surface area contributed by atoms with Gasteiger partial charge in [-0.3, -0.25) is 9.52 Å². The van der Waals surface area contributed by atoms with Gasteiger partial charge in [-0.25, -0.2) is 0 Å². The van der Waals surface area contributed by atoms with Crippen LogP contribution < -0.4 is 9.03 Å². The van der Waals surface area contributed by atoms with Crippen LogP contribution in [0.4, 0.5) is 11.4 Å². The topological polar surface area (TPSA) is 103 Å². The van der Waals surface area contributed by atoms with E-state index in [9.17, 15) is 18.3 Å². The van der Waals surface area contributed by atoms with Crippen LogP contribution in [-0.4, -0.2) is 24.9 Å². The fourth-order valence-electron chi connectivity index (χ4n) is 2.17. The van der Waals surface area contributed by atoms with Crippen molar-refractivity contribution in [2.45, 2.75) is 0 Å². The number of rotatable bonds is 5. The molecule has 1 aromatic heterocycles. The fraction of sp³-hybridized carbons (Fsp3) is 0. The van der Waals surface area contributed by atoms with Crippen LogP contribution >= 0.6 is 0 Å². The second kappa shape index (κ2) is 5.65. The summed E-state index contributed by atoms with van der Waals surface area (Å²) in [5, 5.41) is 10.3. The van der Waals surface area contributed by atoms with Gasteiger partial charge in [0, 0.05) is 17.8 Å². The Morgan fingerprint density at radius 3 is 2.70 bits per heavy atom. The summed E-state index contributed by atoms with van der Waals surface area (Å²) in [5.74, 6) is -0.0976. The van der Waals surface area contributed by atoms with E-state index in [0.717, 1.165) is 5.39 Å². The number of hydrogen-bond acceptors (Lipinski definition) is 4. The van der Waals surface area contributed by atoms with Gasteiger partial charge in [-0.2, -0.15) is 12.7 Å². The van der Waals surface area contributed by atoms with Crippen LogP contribution in [0.1, 0.15) is 0 Å². The molecule has 0 atom stereocenters. The maximum absolute atomic E-state index is 12.4. The predicted molar refractivity (Wildman–Crippen MR) is 87.1 cm³/mol. The molecule has 0 spiro atoms. The van der Waals surface area contributed by atoms with Crippen molar-refractivity contribution in [2.24, 2.45) is 0 Å². The lowest BCUT2D eigenvalue weighted by molar-refractivity contribution is 0.475. The summed E-state index contributed by atoms with van der Waals surface area (Å²) in [6.45, 7) is 0.